The molecule has 3 nitrogen and oxygen atoms in total. The van der Waals surface area contributed by atoms with Gasteiger partial charge in [-0.25, -0.2) is 8.78 Å². The molecule has 0 spiro atoms. The van der Waals surface area contributed by atoms with Crippen molar-refractivity contribution in [3.63, 3.8) is 0 Å². The lowest BCUT2D eigenvalue weighted by molar-refractivity contribution is 0.0319. The maximum atomic E-state index is 13.5. The van der Waals surface area contributed by atoms with Crippen molar-refractivity contribution >= 4 is 5.78 Å². The summed E-state index contributed by atoms with van der Waals surface area (Å²) < 4.78 is 36.9. The summed E-state index contributed by atoms with van der Waals surface area (Å²) in [5.74, 6) is -1.75. The Labute approximate surface area is 110 Å². The number of hydrogen-bond donors (Lipinski definition) is 0. The Morgan fingerprint density at radius 2 is 2.32 bits per heavy atom. The molecule has 1 aliphatic heterocycles. The van der Waals surface area contributed by atoms with E-state index in [4.69, 9.17) is 9.47 Å². The van der Waals surface area contributed by atoms with E-state index in [2.05, 4.69) is 0 Å². The molecule has 1 saturated heterocycles. The van der Waals surface area contributed by atoms with Gasteiger partial charge in [0.1, 0.15) is 17.7 Å². The smallest absolute Gasteiger partial charge is 0.194 e. The molecule has 0 aliphatic carbocycles. The molecule has 1 heterocycles. The van der Waals surface area contributed by atoms with Crippen molar-refractivity contribution in [2.45, 2.75) is 19.4 Å². The predicted molar refractivity (Wildman–Crippen MR) is 65.0 cm³/mol. The van der Waals surface area contributed by atoms with Gasteiger partial charge in [-0.05, 0) is 25.5 Å². The molecule has 1 aromatic rings. The second kappa shape index (κ2) is 6.21. The lowest BCUT2D eigenvalue weighted by atomic mass is 10.1. The highest BCUT2D eigenvalue weighted by molar-refractivity contribution is 5.99. The third-order valence-electron chi connectivity index (χ3n) is 3.17. The van der Waals surface area contributed by atoms with Gasteiger partial charge in [0.15, 0.2) is 5.78 Å². The molecule has 0 amide bonds. The number of ketones is 1. The first-order valence-corrected chi connectivity index (χ1v) is 6.26. The number of rotatable bonds is 5. The number of carbonyl (C=O) groups is 1. The fourth-order valence-corrected chi connectivity index (χ4v) is 1.98. The minimum absolute atomic E-state index is 0.142. The topological polar surface area (TPSA) is 35.5 Å². The third kappa shape index (κ3) is 3.58. The molecule has 19 heavy (non-hydrogen) atoms. The summed E-state index contributed by atoms with van der Waals surface area (Å²) in [7, 11) is 0. The summed E-state index contributed by atoms with van der Waals surface area (Å²) in [6.45, 7) is 3.32. The Bertz CT molecular complexity index is 456. The average molecular weight is 270 g/mol. The Morgan fingerprint density at radius 1 is 1.53 bits per heavy atom. The zero-order valence-electron chi connectivity index (χ0n) is 10.7. The highest BCUT2D eigenvalue weighted by Gasteiger charge is 2.22. The van der Waals surface area contributed by atoms with Crippen LogP contribution in [-0.4, -0.2) is 31.7 Å². The Hall–Kier alpha value is -1.33. The zero-order chi connectivity index (χ0) is 13.8. The monoisotopic (exact) mass is 270 g/mol. The first-order chi connectivity index (χ1) is 9.08. The zero-order valence-corrected chi connectivity index (χ0v) is 10.7. The summed E-state index contributed by atoms with van der Waals surface area (Å²) in [6.07, 6.45) is 0.159. The largest absolute Gasteiger partial charge is 0.381 e. The van der Waals surface area contributed by atoms with Crippen LogP contribution in [0.2, 0.25) is 0 Å². The van der Waals surface area contributed by atoms with Crippen molar-refractivity contribution in [3.05, 3.63) is 35.4 Å². The second-order valence-electron chi connectivity index (χ2n) is 4.69. The standard InChI is InChI=1S/C14H16F2O3/c1-9(19-8-10-4-5-18-7-10)14(17)12-3-2-11(15)6-13(12)16/h2-3,6,9-10H,4-5,7-8H2,1H3. The van der Waals surface area contributed by atoms with Gasteiger partial charge in [-0.2, -0.15) is 0 Å². The van der Waals surface area contributed by atoms with E-state index >= 15 is 0 Å². The summed E-state index contributed by atoms with van der Waals surface area (Å²) in [5, 5.41) is 0. The number of halogens is 2. The second-order valence-corrected chi connectivity index (χ2v) is 4.69. The first kappa shape index (κ1) is 14.1. The molecule has 5 heteroatoms. The lowest BCUT2D eigenvalue weighted by Gasteiger charge is -2.15. The van der Waals surface area contributed by atoms with Gasteiger partial charge in [-0.1, -0.05) is 0 Å². The van der Waals surface area contributed by atoms with Crippen molar-refractivity contribution in [3.8, 4) is 0 Å². The van der Waals surface area contributed by atoms with E-state index < -0.39 is 23.5 Å². The highest BCUT2D eigenvalue weighted by atomic mass is 19.1. The quantitative estimate of drug-likeness (QED) is 0.771. The van der Waals surface area contributed by atoms with Crippen molar-refractivity contribution in [1.29, 1.82) is 0 Å². The van der Waals surface area contributed by atoms with Crippen LogP contribution >= 0.6 is 0 Å². The fourth-order valence-electron chi connectivity index (χ4n) is 1.98. The molecular formula is C14H16F2O3. The summed E-state index contributed by atoms with van der Waals surface area (Å²) in [4.78, 5) is 12.0. The Kier molecular flexibility index (Phi) is 4.61. The Balaban J connectivity index is 1.94. The van der Waals surface area contributed by atoms with E-state index in [1.54, 1.807) is 6.92 Å². The molecule has 1 aromatic carbocycles. The molecular weight excluding hydrogens is 254 g/mol. The normalized spacial score (nSPS) is 20.5. The summed E-state index contributed by atoms with van der Waals surface area (Å²) in [5.41, 5.74) is -0.142. The van der Waals surface area contributed by atoms with E-state index in [-0.39, 0.29) is 11.5 Å². The van der Waals surface area contributed by atoms with Crippen LogP contribution in [0, 0.1) is 17.6 Å². The molecule has 0 saturated carbocycles. The van der Waals surface area contributed by atoms with Crippen LogP contribution < -0.4 is 0 Å². The van der Waals surface area contributed by atoms with Gasteiger partial charge in [-0.3, -0.25) is 4.79 Å². The number of carbonyl (C=O) groups excluding carboxylic acids is 1. The highest BCUT2D eigenvalue weighted by Crippen LogP contribution is 2.16. The molecule has 0 aromatic heterocycles. The van der Waals surface area contributed by atoms with Gasteiger partial charge >= 0.3 is 0 Å². The van der Waals surface area contributed by atoms with Crippen molar-refractivity contribution in [2.24, 2.45) is 5.92 Å². The molecule has 2 rings (SSSR count). The van der Waals surface area contributed by atoms with Crippen LogP contribution in [0.25, 0.3) is 0 Å². The van der Waals surface area contributed by atoms with Gasteiger partial charge in [0, 0.05) is 18.6 Å². The number of benzene rings is 1. The minimum Gasteiger partial charge on any atom is -0.381 e. The molecule has 0 N–H and O–H groups in total. The fraction of sp³-hybridized carbons (Fsp3) is 0.500. The summed E-state index contributed by atoms with van der Waals surface area (Å²) in [6, 6.07) is 2.91. The molecule has 1 fully saturated rings. The molecule has 0 radical (unpaired) electrons. The first-order valence-electron chi connectivity index (χ1n) is 6.26. The maximum absolute atomic E-state index is 13.5. The van der Waals surface area contributed by atoms with E-state index in [1.165, 1.54) is 0 Å². The van der Waals surface area contributed by atoms with Crippen molar-refractivity contribution in [1.82, 2.24) is 0 Å². The molecule has 104 valence electrons. The van der Waals surface area contributed by atoms with Crippen LogP contribution in [0.4, 0.5) is 8.78 Å². The molecule has 2 atom stereocenters. The van der Waals surface area contributed by atoms with Gasteiger partial charge in [-0.15, -0.1) is 0 Å². The molecule has 0 bridgehead atoms. The van der Waals surface area contributed by atoms with E-state index in [1.807, 2.05) is 0 Å². The van der Waals surface area contributed by atoms with E-state index in [0.717, 1.165) is 18.6 Å². The third-order valence-corrected chi connectivity index (χ3v) is 3.17. The van der Waals surface area contributed by atoms with Crippen LogP contribution in [-0.2, 0) is 9.47 Å². The number of hydrogen-bond acceptors (Lipinski definition) is 3. The van der Waals surface area contributed by atoms with Gasteiger partial charge in [0.2, 0.25) is 0 Å². The Morgan fingerprint density at radius 3 is 2.95 bits per heavy atom. The number of ether oxygens (including phenoxy) is 2. The van der Waals surface area contributed by atoms with Crippen LogP contribution in [0.15, 0.2) is 18.2 Å². The average Bonchev–Trinajstić information content (AvgIpc) is 2.88. The van der Waals surface area contributed by atoms with Gasteiger partial charge in [0.25, 0.3) is 0 Å². The van der Waals surface area contributed by atoms with Gasteiger partial charge < -0.3 is 9.47 Å². The molecule has 2 unspecified atom stereocenters. The maximum Gasteiger partial charge on any atom is 0.194 e. The van der Waals surface area contributed by atoms with Crippen LogP contribution in [0.3, 0.4) is 0 Å². The predicted octanol–water partition coefficient (Wildman–Crippen LogP) is 2.59. The number of Topliss-reactive ketones (excluding diaryl/α,β-unsaturated/α-hetero) is 1. The van der Waals surface area contributed by atoms with Gasteiger partial charge in [0.05, 0.1) is 18.8 Å². The van der Waals surface area contributed by atoms with Crippen molar-refractivity contribution in [2.75, 3.05) is 19.8 Å². The SMILES string of the molecule is CC(OCC1CCOC1)C(=O)c1ccc(F)cc1F. The van der Waals surface area contributed by atoms with E-state index in [0.29, 0.717) is 25.9 Å². The minimum atomic E-state index is -0.857. The van der Waals surface area contributed by atoms with Crippen LogP contribution in [0.1, 0.15) is 23.7 Å². The lowest BCUT2D eigenvalue weighted by Crippen LogP contribution is -2.25. The van der Waals surface area contributed by atoms with Crippen LogP contribution in [0.5, 0.6) is 0 Å². The molecule has 1 aliphatic rings. The van der Waals surface area contributed by atoms with Crippen molar-refractivity contribution < 1.29 is 23.0 Å². The summed E-state index contributed by atoms with van der Waals surface area (Å²) >= 11 is 0. The van der Waals surface area contributed by atoms with E-state index in [9.17, 15) is 13.6 Å².